The number of hydrogen-bond donors (Lipinski definition) is 2. The fourth-order valence-corrected chi connectivity index (χ4v) is 1.91. The van der Waals surface area contributed by atoms with Crippen molar-refractivity contribution in [1.29, 1.82) is 0 Å². The molecule has 1 amide bonds. The predicted molar refractivity (Wildman–Crippen MR) is 81.4 cm³/mol. The molecule has 2 N–H and O–H groups in total. The third-order valence-electron chi connectivity index (χ3n) is 2.93. The van der Waals surface area contributed by atoms with Crippen molar-refractivity contribution >= 4 is 23.3 Å². The summed E-state index contributed by atoms with van der Waals surface area (Å²) in [7, 11) is 1.62. The van der Waals surface area contributed by atoms with Gasteiger partial charge in [0.2, 0.25) is 0 Å². The molecule has 0 saturated carbocycles. The number of hydrogen-bond acceptors (Lipinski definition) is 4. The standard InChI is InChI=1S/C14H22ClN3O2/c1-5-16-13-6-10(11(15)7-17-13)14(19)18-12(8-20-4)9(2)3/h6-7,9,12H,5,8H2,1-4H3,(H,16,17)(H,18,19). The van der Waals surface area contributed by atoms with Crippen LogP contribution in [0.5, 0.6) is 0 Å². The van der Waals surface area contributed by atoms with Crippen LogP contribution in [0, 0.1) is 5.92 Å². The van der Waals surface area contributed by atoms with Gasteiger partial charge in [-0.05, 0) is 18.9 Å². The summed E-state index contributed by atoms with van der Waals surface area (Å²) in [6.45, 7) is 7.22. The molecule has 0 aromatic carbocycles. The molecule has 1 aromatic rings. The average Bonchev–Trinajstić information content (AvgIpc) is 2.40. The number of nitrogens with zero attached hydrogens (tertiary/aromatic N) is 1. The first-order valence-corrected chi connectivity index (χ1v) is 7.06. The molecule has 1 heterocycles. The lowest BCUT2D eigenvalue weighted by molar-refractivity contribution is 0.0866. The van der Waals surface area contributed by atoms with Gasteiger partial charge in [-0.2, -0.15) is 0 Å². The lowest BCUT2D eigenvalue weighted by Gasteiger charge is -2.21. The Labute approximate surface area is 125 Å². The van der Waals surface area contributed by atoms with Crippen molar-refractivity contribution in [3.63, 3.8) is 0 Å². The van der Waals surface area contributed by atoms with E-state index in [1.165, 1.54) is 6.20 Å². The zero-order chi connectivity index (χ0) is 15.1. The number of aromatic nitrogens is 1. The number of rotatable bonds is 7. The highest BCUT2D eigenvalue weighted by Crippen LogP contribution is 2.18. The molecule has 0 bridgehead atoms. The second-order valence-electron chi connectivity index (χ2n) is 4.86. The number of ether oxygens (including phenoxy) is 1. The summed E-state index contributed by atoms with van der Waals surface area (Å²) in [4.78, 5) is 16.4. The average molecular weight is 300 g/mol. The summed E-state index contributed by atoms with van der Waals surface area (Å²) in [5.74, 6) is 0.690. The molecule has 0 aliphatic heterocycles. The topological polar surface area (TPSA) is 63.2 Å². The van der Waals surface area contributed by atoms with Gasteiger partial charge in [0.1, 0.15) is 5.82 Å². The van der Waals surface area contributed by atoms with Gasteiger partial charge in [0.25, 0.3) is 5.91 Å². The largest absolute Gasteiger partial charge is 0.383 e. The van der Waals surface area contributed by atoms with Crippen LogP contribution in [0.1, 0.15) is 31.1 Å². The van der Waals surface area contributed by atoms with Gasteiger partial charge >= 0.3 is 0 Å². The number of carbonyl (C=O) groups excluding carboxylic acids is 1. The van der Waals surface area contributed by atoms with Crippen LogP contribution in [0.2, 0.25) is 5.02 Å². The Hall–Kier alpha value is -1.33. The molecule has 0 aliphatic carbocycles. The van der Waals surface area contributed by atoms with Crippen LogP contribution in [-0.4, -0.2) is 37.2 Å². The van der Waals surface area contributed by atoms with Crippen molar-refractivity contribution in [1.82, 2.24) is 10.3 Å². The van der Waals surface area contributed by atoms with Crippen molar-refractivity contribution in [2.24, 2.45) is 5.92 Å². The lowest BCUT2D eigenvalue weighted by Crippen LogP contribution is -2.41. The minimum atomic E-state index is -0.215. The predicted octanol–water partition coefficient (Wildman–Crippen LogP) is 2.57. The van der Waals surface area contributed by atoms with E-state index in [-0.39, 0.29) is 17.9 Å². The van der Waals surface area contributed by atoms with Crippen molar-refractivity contribution in [3.8, 4) is 0 Å². The van der Waals surface area contributed by atoms with Crippen molar-refractivity contribution < 1.29 is 9.53 Å². The number of amides is 1. The minimum absolute atomic E-state index is 0.0562. The van der Waals surface area contributed by atoms with E-state index in [0.717, 1.165) is 6.54 Å². The Morgan fingerprint density at radius 3 is 2.75 bits per heavy atom. The van der Waals surface area contributed by atoms with E-state index in [1.807, 2.05) is 20.8 Å². The fraction of sp³-hybridized carbons (Fsp3) is 0.571. The van der Waals surface area contributed by atoms with Gasteiger partial charge in [0, 0.05) is 19.9 Å². The van der Waals surface area contributed by atoms with Crippen LogP contribution < -0.4 is 10.6 Å². The lowest BCUT2D eigenvalue weighted by atomic mass is 10.0. The normalized spacial score (nSPS) is 12.3. The van der Waals surface area contributed by atoms with E-state index in [1.54, 1.807) is 13.2 Å². The van der Waals surface area contributed by atoms with E-state index in [0.29, 0.717) is 23.0 Å². The summed E-state index contributed by atoms with van der Waals surface area (Å²) >= 11 is 6.05. The fourth-order valence-electron chi connectivity index (χ4n) is 1.72. The molecule has 0 spiro atoms. The zero-order valence-electron chi connectivity index (χ0n) is 12.4. The Balaban J connectivity index is 2.87. The maximum absolute atomic E-state index is 12.3. The van der Waals surface area contributed by atoms with Gasteiger partial charge in [-0.1, -0.05) is 25.4 Å². The molecule has 1 rings (SSSR count). The second kappa shape index (κ2) is 8.07. The van der Waals surface area contributed by atoms with E-state index < -0.39 is 0 Å². The first kappa shape index (κ1) is 16.7. The highest BCUT2D eigenvalue weighted by atomic mass is 35.5. The van der Waals surface area contributed by atoms with Gasteiger partial charge in [-0.15, -0.1) is 0 Å². The molecule has 20 heavy (non-hydrogen) atoms. The molecule has 6 heteroatoms. The smallest absolute Gasteiger partial charge is 0.253 e. The number of methoxy groups -OCH3 is 1. The van der Waals surface area contributed by atoms with Crippen molar-refractivity contribution in [3.05, 3.63) is 22.8 Å². The first-order valence-electron chi connectivity index (χ1n) is 6.68. The molecule has 1 unspecified atom stereocenters. The zero-order valence-corrected chi connectivity index (χ0v) is 13.1. The van der Waals surface area contributed by atoms with Gasteiger partial charge in [0.15, 0.2) is 0 Å². The molecule has 112 valence electrons. The SMILES string of the molecule is CCNc1cc(C(=O)NC(COC)C(C)C)c(Cl)cn1. The van der Waals surface area contributed by atoms with E-state index in [2.05, 4.69) is 15.6 Å². The maximum atomic E-state index is 12.3. The summed E-state index contributed by atoms with van der Waals surface area (Å²) in [5, 5.41) is 6.33. The number of nitrogens with one attached hydrogen (secondary N) is 2. The van der Waals surface area contributed by atoms with E-state index in [4.69, 9.17) is 16.3 Å². The van der Waals surface area contributed by atoms with Gasteiger partial charge < -0.3 is 15.4 Å². The van der Waals surface area contributed by atoms with Crippen LogP contribution in [0.4, 0.5) is 5.82 Å². The summed E-state index contributed by atoms with van der Waals surface area (Å²) < 4.78 is 5.12. The van der Waals surface area contributed by atoms with E-state index in [9.17, 15) is 4.79 Å². The Morgan fingerprint density at radius 2 is 2.20 bits per heavy atom. The molecular formula is C14H22ClN3O2. The molecule has 0 radical (unpaired) electrons. The molecule has 1 aromatic heterocycles. The number of carbonyl (C=O) groups is 1. The number of anilines is 1. The highest BCUT2D eigenvalue weighted by molar-refractivity contribution is 6.33. The first-order chi connectivity index (χ1) is 9.49. The third-order valence-corrected chi connectivity index (χ3v) is 3.23. The van der Waals surface area contributed by atoms with Gasteiger partial charge in [0.05, 0.1) is 23.2 Å². The van der Waals surface area contributed by atoms with Crippen LogP contribution in [0.15, 0.2) is 12.3 Å². The molecule has 1 atom stereocenters. The van der Waals surface area contributed by atoms with Crippen LogP contribution in [-0.2, 0) is 4.74 Å². The number of pyridine rings is 1. The van der Waals surface area contributed by atoms with Crippen molar-refractivity contribution in [2.75, 3.05) is 25.6 Å². The third kappa shape index (κ3) is 4.65. The monoisotopic (exact) mass is 299 g/mol. The van der Waals surface area contributed by atoms with Crippen LogP contribution in [0.25, 0.3) is 0 Å². The molecule has 5 nitrogen and oxygen atoms in total. The molecule has 0 aliphatic rings. The van der Waals surface area contributed by atoms with Crippen molar-refractivity contribution in [2.45, 2.75) is 26.8 Å². The molecular weight excluding hydrogens is 278 g/mol. The summed E-state index contributed by atoms with van der Waals surface area (Å²) in [6, 6.07) is 1.60. The van der Waals surface area contributed by atoms with Gasteiger partial charge in [-0.3, -0.25) is 4.79 Å². The van der Waals surface area contributed by atoms with Crippen LogP contribution >= 0.6 is 11.6 Å². The quantitative estimate of drug-likeness (QED) is 0.812. The summed E-state index contributed by atoms with van der Waals surface area (Å²) in [6.07, 6.45) is 1.48. The second-order valence-corrected chi connectivity index (χ2v) is 5.27. The Bertz CT molecular complexity index is 452. The van der Waals surface area contributed by atoms with Crippen LogP contribution in [0.3, 0.4) is 0 Å². The van der Waals surface area contributed by atoms with Gasteiger partial charge in [-0.25, -0.2) is 4.98 Å². The number of halogens is 1. The summed E-state index contributed by atoms with van der Waals surface area (Å²) in [5.41, 5.74) is 0.416. The highest BCUT2D eigenvalue weighted by Gasteiger charge is 2.19. The minimum Gasteiger partial charge on any atom is -0.383 e. The Morgan fingerprint density at radius 1 is 1.50 bits per heavy atom. The van der Waals surface area contributed by atoms with E-state index >= 15 is 0 Å². The maximum Gasteiger partial charge on any atom is 0.253 e. The molecule has 0 fully saturated rings. The molecule has 0 saturated heterocycles. The Kier molecular flexibility index (Phi) is 6.75.